The molecule has 3 rings (SSSR count). The molecule has 1 aromatic carbocycles. The zero-order valence-electron chi connectivity index (χ0n) is 14.6. The Morgan fingerprint density at radius 1 is 1.08 bits per heavy atom. The van der Waals surface area contributed by atoms with Crippen molar-refractivity contribution in [3.05, 3.63) is 48.2 Å². The Morgan fingerprint density at radius 3 is 2.68 bits per heavy atom. The molecule has 1 aromatic heterocycles. The number of furan rings is 1. The monoisotopic (exact) mass is 342 g/mol. The third-order valence-corrected chi connectivity index (χ3v) is 4.40. The molecule has 2 heterocycles. The van der Waals surface area contributed by atoms with Crippen LogP contribution in [0.25, 0.3) is 11.3 Å². The summed E-state index contributed by atoms with van der Waals surface area (Å²) in [5.41, 5.74) is 1.06. The molecule has 2 aromatic rings. The van der Waals surface area contributed by atoms with E-state index in [0.717, 1.165) is 62.9 Å². The highest BCUT2D eigenvalue weighted by atomic mass is 16.5. The van der Waals surface area contributed by atoms with Crippen molar-refractivity contribution in [3.8, 4) is 11.3 Å². The van der Waals surface area contributed by atoms with Crippen LogP contribution in [0, 0.1) is 0 Å². The molecule has 134 valence electrons. The molecule has 0 saturated carbocycles. The van der Waals surface area contributed by atoms with Crippen molar-refractivity contribution in [2.45, 2.75) is 19.3 Å². The lowest BCUT2D eigenvalue weighted by Gasteiger charge is -2.26. The van der Waals surface area contributed by atoms with E-state index in [4.69, 9.17) is 9.15 Å². The number of hydrogen-bond donors (Lipinski definition) is 1. The van der Waals surface area contributed by atoms with Gasteiger partial charge in [0.1, 0.15) is 11.5 Å². The van der Waals surface area contributed by atoms with Crippen molar-refractivity contribution in [3.63, 3.8) is 0 Å². The minimum absolute atomic E-state index is 0.0830. The van der Waals surface area contributed by atoms with Gasteiger partial charge in [-0.05, 0) is 25.1 Å². The SMILES string of the molecule is O=C(CCc1ccc(-c2ccccc2)o1)NCCCN1CCOCC1. The summed E-state index contributed by atoms with van der Waals surface area (Å²) >= 11 is 0. The largest absolute Gasteiger partial charge is 0.461 e. The van der Waals surface area contributed by atoms with Crippen LogP contribution in [0.15, 0.2) is 46.9 Å². The minimum Gasteiger partial charge on any atom is -0.461 e. The smallest absolute Gasteiger partial charge is 0.220 e. The Kier molecular flexibility index (Phi) is 6.65. The van der Waals surface area contributed by atoms with E-state index < -0.39 is 0 Å². The molecule has 1 aliphatic rings. The molecule has 0 radical (unpaired) electrons. The number of aryl methyl sites for hydroxylation is 1. The molecule has 5 nitrogen and oxygen atoms in total. The van der Waals surface area contributed by atoms with Crippen molar-refractivity contribution in [2.75, 3.05) is 39.4 Å². The van der Waals surface area contributed by atoms with Crippen LogP contribution < -0.4 is 5.32 Å². The normalized spacial score (nSPS) is 15.2. The van der Waals surface area contributed by atoms with Gasteiger partial charge in [0.2, 0.25) is 5.91 Å². The Bertz CT molecular complexity index is 648. The minimum atomic E-state index is 0.0830. The van der Waals surface area contributed by atoms with Crippen LogP contribution >= 0.6 is 0 Å². The highest BCUT2D eigenvalue weighted by Crippen LogP contribution is 2.22. The Labute approximate surface area is 149 Å². The zero-order valence-corrected chi connectivity index (χ0v) is 14.6. The van der Waals surface area contributed by atoms with E-state index in [9.17, 15) is 4.79 Å². The van der Waals surface area contributed by atoms with Gasteiger partial charge < -0.3 is 14.5 Å². The summed E-state index contributed by atoms with van der Waals surface area (Å²) in [6.45, 7) is 5.37. The summed E-state index contributed by atoms with van der Waals surface area (Å²) in [6.07, 6.45) is 2.06. The van der Waals surface area contributed by atoms with Crippen LogP contribution in [-0.2, 0) is 16.0 Å². The lowest BCUT2D eigenvalue weighted by atomic mass is 10.2. The Hall–Kier alpha value is -2.11. The summed E-state index contributed by atoms with van der Waals surface area (Å²) < 4.78 is 11.2. The van der Waals surface area contributed by atoms with E-state index in [0.29, 0.717) is 12.8 Å². The number of rotatable bonds is 8. The summed E-state index contributed by atoms with van der Waals surface area (Å²) in [6, 6.07) is 13.9. The number of morpholine rings is 1. The number of hydrogen-bond acceptors (Lipinski definition) is 4. The van der Waals surface area contributed by atoms with Crippen molar-refractivity contribution in [1.82, 2.24) is 10.2 Å². The first kappa shape index (κ1) is 17.7. The third kappa shape index (κ3) is 5.73. The third-order valence-electron chi connectivity index (χ3n) is 4.40. The van der Waals surface area contributed by atoms with Crippen LogP contribution in [0.1, 0.15) is 18.6 Å². The second-order valence-electron chi connectivity index (χ2n) is 6.29. The maximum absolute atomic E-state index is 12.0. The number of carbonyl (C=O) groups is 1. The van der Waals surface area contributed by atoms with Gasteiger partial charge in [0, 0.05) is 38.0 Å². The average Bonchev–Trinajstić information content (AvgIpc) is 3.14. The number of nitrogens with one attached hydrogen (secondary N) is 1. The van der Waals surface area contributed by atoms with E-state index in [1.807, 2.05) is 42.5 Å². The quantitative estimate of drug-likeness (QED) is 0.750. The summed E-state index contributed by atoms with van der Waals surface area (Å²) in [5, 5.41) is 2.99. The molecule has 0 unspecified atom stereocenters. The van der Waals surface area contributed by atoms with E-state index in [1.54, 1.807) is 0 Å². The van der Waals surface area contributed by atoms with Crippen LogP contribution in [-0.4, -0.2) is 50.2 Å². The second-order valence-corrected chi connectivity index (χ2v) is 6.29. The maximum Gasteiger partial charge on any atom is 0.220 e. The number of carbonyl (C=O) groups excluding carboxylic acids is 1. The van der Waals surface area contributed by atoms with Gasteiger partial charge in [0.25, 0.3) is 0 Å². The molecular weight excluding hydrogens is 316 g/mol. The molecule has 1 amide bonds. The van der Waals surface area contributed by atoms with Gasteiger partial charge in [0.05, 0.1) is 13.2 Å². The molecular formula is C20H26N2O3. The lowest BCUT2D eigenvalue weighted by molar-refractivity contribution is -0.121. The first-order valence-corrected chi connectivity index (χ1v) is 9.02. The van der Waals surface area contributed by atoms with E-state index in [-0.39, 0.29) is 5.91 Å². The van der Waals surface area contributed by atoms with Gasteiger partial charge in [-0.3, -0.25) is 9.69 Å². The topological polar surface area (TPSA) is 54.7 Å². The number of nitrogens with zero attached hydrogens (tertiary/aromatic N) is 1. The molecule has 0 bridgehead atoms. The molecule has 0 aliphatic carbocycles. The fraction of sp³-hybridized carbons (Fsp3) is 0.450. The first-order valence-electron chi connectivity index (χ1n) is 9.02. The van der Waals surface area contributed by atoms with Gasteiger partial charge in [0.15, 0.2) is 0 Å². The predicted octanol–water partition coefficient (Wildman–Crippen LogP) is 2.72. The predicted molar refractivity (Wildman–Crippen MR) is 97.4 cm³/mol. The fourth-order valence-electron chi connectivity index (χ4n) is 2.95. The van der Waals surface area contributed by atoms with Crippen molar-refractivity contribution in [2.24, 2.45) is 0 Å². The van der Waals surface area contributed by atoms with Crippen molar-refractivity contribution < 1.29 is 13.9 Å². The second kappa shape index (κ2) is 9.39. The van der Waals surface area contributed by atoms with Gasteiger partial charge in [-0.25, -0.2) is 0 Å². The first-order chi connectivity index (χ1) is 12.3. The standard InChI is InChI=1S/C20H26N2O3/c23-20(21-11-4-12-22-13-15-24-16-14-22)10-8-18-7-9-19(25-18)17-5-2-1-3-6-17/h1-3,5-7,9H,4,8,10-16H2,(H,21,23). The molecule has 1 N–H and O–H groups in total. The van der Waals surface area contributed by atoms with Crippen LogP contribution in [0.3, 0.4) is 0 Å². The Balaban J connectivity index is 1.33. The summed E-state index contributed by atoms with van der Waals surface area (Å²) in [4.78, 5) is 14.3. The Morgan fingerprint density at radius 2 is 1.88 bits per heavy atom. The number of amides is 1. The number of ether oxygens (including phenoxy) is 1. The van der Waals surface area contributed by atoms with E-state index >= 15 is 0 Å². The molecule has 1 saturated heterocycles. The average molecular weight is 342 g/mol. The molecule has 0 atom stereocenters. The van der Waals surface area contributed by atoms with Gasteiger partial charge >= 0.3 is 0 Å². The lowest BCUT2D eigenvalue weighted by Crippen LogP contribution is -2.38. The highest BCUT2D eigenvalue weighted by Gasteiger charge is 2.10. The summed E-state index contributed by atoms with van der Waals surface area (Å²) in [7, 11) is 0. The molecule has 0 spiro atoms. The molecule has 1 fully saturated rings. The molecule has 25 heavy (non-hydrogen) atoms. The van der Waals surface area contributed by atoms with Crippen LogP contribution in [0.4, 0.5) is 0 Å². The maximum atomic E-state index is 12.0. The van der Waals surface area contributed by atoms with Crippen LogP contribution in [0.2, 0.25) is 0 Å². The zero-order chi connectivity index (χ0) is 17.3. The van der Waals surface area contributed by atoms with E-state index in [1.165, 1.54) is 0 Å². The van der Waals surface area contributed by atoms with Gasteiger partial charge in [-0.2, -0.15) is 0 Å². The molecule has 1 aliphatic heterocycles. The van der Waals surface area contributed by atoms with Gasteiger partial charge in [-0.1, -0.05) is 30.3 Å². The van der Waals surface area contributed by atoms with Gasteiger partial charge in [-0.15, -0.1) is 0 Å². The fourth-order valence-corrected chi connectivity index (χ4v) is 2.95. The van der Waals surface area contributed by atoms with Crippen molar-refractivity contribution >= 4 is 5.91 Å². The number of benzene rings is 1. The van der Waals surface area contributed by atoms with E-state index in [2.05, 4.69) is 10.2 Å². The highest BCUT2D eigenvalue weighted by molar-refractivity contribution is 5.76. The summed E-state index contributed by atoms with van der Waals surface area (Å²) in [5.74, 6) is 1.78. The molecule has 5 heteroatoms. The van der Waals surface area contributed by atoms with Crippen molar-refractivity contribution in [1.29, 1.82) is 0 Å². The van der Waals surface area contributed by atoms with Crippen LogP contribution in [0.5, 0.6) is 0 Å².